The van der Waals surface area contributed by atoms with E-state index in [4.69, 9.17) is 9.47 Å². The highest BCUT2D eigenvalue weighted by Crippen LogP contribution is 2.31. The first-order valence-electron chi connectivity index (χ1n) is 6.78. The number of likely N-dealkylation sites (N-methyl/N-ethyl adjacent to an activating group) is 1. The van der Waals surface area contributed by atoms with Gasteiger partial charge in [-0.25, -0.2) is 0 Å². The Morgan fingerprint density at radius 3 is 2.63 bits per heavy atom. The van der Waals surface area contributed by atoms with Gasteiger partial charge in [0.2, 0.25) is 0 Å². The maximum atomic E-state index is 5.49. The van der Waals surface area contributed by atoms with Gasteiger partial charge in [0.1, 0.15) is 0 Å². The Morgan fingerprint density at radius 2 is 2.00 bits per heavy atom. The van der Waals surface area contributed by atoms with Gasteiger partial charge < -0.3 is 14.4 Å². The number of rotatable bonds is 4. The van der Waals surface area contributed by atoms with Crippen LogP contribution < -0.4 is 9.47 Å². The van der Waals surface area contributed by atoms with Gasteiger partial charge in [-0.2, -0.15) is 0 Å². The summed E-state index contributed by atoms with van der Waals surface area (Å²) < 4.78 is 10.8. The van der Waals surface area contributed by atoms with E-state index < -0.39 is 0 Å². The second-order valence-corrected chi connectivity index (χ2v) is 5.22. The van der Waals surface area contributed by atoms with Gasteiger partial charge in [0.05, 0.1) is 14.2 Å². The lowest BCUT2D eigenvalue weighted by molar-refractivity contribution is 0.0992. The van der Waals surface area contributed by atoms with Crippen LogP contribution in [0, 0.1) is 0 Å². The number of hydrogen-bond acceptors (Lipinski definition) is 4. The smallest absolute Gasteiger partial charge is 0.165 e. The average molecular weight is 264 g/mol. The van der Waals surface area contributed by atoms with E-state index in [0.717, 1.165) is 37.7 Å². The summed E-state index contributed by atoms with van der Waals surface area (Å²) in [5, 5.41) is 0. The first-order valence-corrected chi connectivity index (χ1v) is 6.78. The Bertz CT molecular complexity index is 423. The van der Waals surface area contributed by atoms with Crippen LogP contribution in [0.25, 0.3) is 0 Å². The quantitative estimate of drug-likeness (QED) is 0.828. The molecule has 2 rings (SSSR count). The van der Waals surface area contributed by atoms with Gasteiger partial charge in [0.25, 0.3) is 0 Å². The molecule has 19 heavy (non-hydrogen) atoms. The predicted molar refractivity (Wildman–Crippen MR) is 76.9 cm³/mol. The van der Waals surface area contributed by atoms with E-state index in [2.05, 4.69) is 29.8 Å². The number of benzene rings is 1. The molecule has 4 heteroatoms. The van der Waals surface area contributed by atoms with Gasteiger partial charge >= 0.3 is 0 Å². The lowest BCUT2D eigenvalue weighted by atomic mass is 10.1. The molecule has 0 saturated carbocycles. The third-order valence-electron chi connectivity index (χ3n) is 3.92. The molecule has 1 aromatic rings. The van der Waals surface area contributed by atoms with E-state index in [1.807, 2.05) is 12.1 Å². The summed E-state index contributed by atoms with van der Waals surface area (Å²) >= 11 is 0. The lowest BCUT2D eigenvalue weighted by Gasteiger charge is -2.37. The van der Waals surface area contributed by atoms with Crippen LogP contribution in [0.3, 0.4) is 0 Å². The van der Waals surface area contributed by atoms with Crippen LogP contribution >= 0.6 is 0 Å². The van der Waals surface area contributed by atoms with E-state index in [0.29, 0.717) is 6.04 Å². The van der Waals surface area contributed by atoms with E-state index in [9.17, 15) is 0 Å². The summed E-state index contributed by atoms with van der Waals surface area (Å²) in [6, 6.07) is 6.68. The molecule has 1 fully saturated rings. The SMILES string of the molecule is COc1cccc(CN2CCN(C)[C@@H](C)C2)c1OC. The highest BCUT2D eigenvalue weighted by Gasteiger charge is 2.22. The average Bonchev–Trinajstić information content (AvgIpc) is 2.42. The van der Waals surface area contributed by atoms with Crippen molar-refractivity contribution in [2.75, 3.05) is 40.9 Å². The Labute approximate surface area is 115 Å². The van der Waals surface area contributed by atoms with Crippen molar-refractivity contribution in [3.63, 3.8) is 0 Å². The zero-order valence-corrected chi connectivity index (χ0v) is 12.3. The highest BCUT2D eigenvalue weighted by atomic mass is 16.5. The highest BCUT2D eigenvalue weighted by molar-refractivity contribution is 5.46. The van der Waals surface area contributed by atoms with Crippen LogP contribution in [0.1, 0.15) is 12.5 Å². The van der Waals surface area contributed by atoms with Crippen LogP contribution in [-0.2, 0) is 6.54 Å². The van der Waals surface area contributed by atoms with E-state index in [-0.39, 0.29) is 0 Å². The van der Waals surface area contributed by atoms with Crippen molar-refractivity contribution in [2.24, 2.45) is 0 Å². The molecule has 0 radical (unpaired) electrons. The fourth-order valence-electron chi connectivity index (χ4n) is 2.59. The van der Waals surface area contributed by atoms with Crippen molar-refractivity contribution in [3.8, 4) is 11.5 Å². The standard InChI is InChI=1S/C15H24N2O2/c1-12-10-17(9-8-16(12)2)11-13-6-5-7-14(18-3)15(13)19-4/h5-7,12H,8-11H2,1-4H3/t12-/m0/s1. The number of ether oxygens (including phenoxy) is 2. The number of para-hydroxylation sites is 1. The zero-order chi connectivity index (χ0) is 13.8. The summed E-state index contributed by atoms with van der Waals surface area (Å²) in [5.41, 5.74) is 1.19. The lowest BCUT2D eigenvalue weighted by Crippen LogP contribution is -2.49. The molecule has 0 unspecified atom stereocenters. The van der Waals surface area contributed by atoms with Gasteiger partial charge in [0.15, 0.2) is 11.5 Å². The number of hydrogen-bond donors (Lipinski definition) is 0. The van der Waals surface area contributed by atoms with Crippen molar-refractivity contribution in [1.29, 1.82) is 0 Å². The molecule has 4 nitrogen and oxygen atoms in total. The predicted octanol–water partition coefficient (Wildman–Crippen LogP) is 1.84. The Morgan fingerprint density at radius 1 is 1.21 bits per heavy atom. The van der Waals surface area contributed by atoms with Crippen LogP contribution in [0.4, 0.5) is 0 Å². The van der Waals surface area contributed by atoms with Gasteiger partial charge in [-0.05, 0) is 20.0 Å². The Balaban J connectivity index is 2.11. The molecule has 1 heterocycles. The summed E-state index contributed by atoms with van der Waals surface area (Å²) in [5.74, 6) is 1.67. The van der Waals surface area contributed by atoms with Crippen molar-refractivity contribution < 1.29 is 9.47 Å². The molecule has 0 aliphatic carbocycles. The largest absolute Gasteiger partial charge is 0.493 e. The molecule has 0 aromatic heterocycles. The third kappa shape index (κ3) is 3.19. The van der Waals surface area contributed by atoms with E-state index >= 15 is 0 Å². The van der Waals surface area contributed by atoms with Crippen molar-refractivity contribution in [1.82, 2.24) is 9.80 Å². The minimum Gasteiger partial charge on any atom is -0.493 e. The summed E-state index contributed by atoms with van der Waals surface area (Å²) in [4.78, 5) is 4.88. The topological polar surface area (TPSA) is 24.9 Å². The van der Waals surface area contributed by atoms with Gasteiger partial charge in [-0.1, -0.05) is 12.1 Å². The molecule has 0 spiro atoms. The second kappa shape index (κ2) is 6.26. The molecular weight excluding hydrogens is 240 g/mol. The molecule has 0 amide bonds. The molecule has 1 aromatic carbocycles. The normalized spacial score (nSPS) is 21.4. The maximum absolute atomic E-state index is 5.49. The number of methoxy groups -OCH3 is 2. The molecule has 0 N–H and O–H groups in total. The van der Waals surface area contributed by atoms with Gasteiger partial charge in [0, 0.05) is 37.8 Å². The van der Waals surface area contributed by atoms with Crippen LogP contribution in [0.5, 0.6) is 11.5 Å². The molecule has 1 aliphatic heterocycles. The molecule has 1 saturated heterocycles. The van der Waals surface area contributed by atoms with Crippen LogP contribution in [0.15, 0.2) is 18.2 Å². The minimum absolute atomic E-state index is 0.602. The summed E-state index contributed by atoms with van der Waals surface area (Å²) in [6.07, 6.45) is 0. The first kappa shape index (κ1) is 14.2. The minimum atomic E-state index is 0.602. The molecular formula is C15H24N2O2. The van der Waals surface area contributed by atoms with E-state index in [1.165, 1.54) is 5.56 Å². The van der Waals surface area contributed by atoms with Gasteiger partial charge in [-0.3, -0.25) is 4.90 Å². The molecule has 0 bridgehead atoms. The summed E-state index contributed by atoms with van der Waals surface area (Å²) in [7, 11) is 5.57. The maximum Gasteiger partial charge on any atom is 0.165 e. The second-order valence-electron chi connectivity index (χ2n) is 5.22. The monoisotopic (exact) mass is 264 g/mol. The Hall–Kier alpha value is -1.26. The first-order chi connectivity index (χ1) is 9.15. The molecule has 1 atom stereocenters. The zero-order valence-electron chi connectivity index (χ0n) is 12.3. The van der Waals surface area contributed by atoms with Crippen molar-refractivity contribution in [2.45, 2.75) is 19.5 Å². The van der Waals surface area contributed by atoms with Crippen molar-refractivity contribution >= 4 is 0 Å². The third-order valence-corrected chi connectivity index (χ3v) is 3.92. The number of nitrogens with zero attached hydrogens (tertiary/aromatic N) is 2. The fourth-order valence-corrected chi connectivity index (χ4v) is 2.59. The van der Waals surface area contributed by atoms with Gasteiger partial charge in [-0.15, -0.1) is 0 Å². The molecule has 106 valence electrons. The number of piperazine rings is 1. The molecule has 1 aliphatic rings. The Kier molecular flexibility index (Phi) is 4.66. The van der Waals surface area contributed by atoms with Crippen molar-refractivity contribution in [3.05, 3.63) is 23.8 Å². The van der Waals surface area contributed by atoms with Crippen LogP contribution in [-0.4, -0.2) is 56.7 Å². The van der Waals surface area contributed by atoms with E-state index in [1.54, 1.807) is 14.2 Å². The fraction of sp³-hybridized carbons (Fsp3) is 0.600. The summed E-state index contributed by atoms with van der Waals surface area (Å²) in [6.45, 7) is 6.50. The van der Waals surface area contributed by atoms with Crippen LogP contribution in [0.2, 0.25) is 0 Å².